The number of benzene rings is 3. The molecule has 5 rings (SSSR count). The molecule has 2 heterocycles. The molecular weight excluding hydrogens is 506 g/mol. The minimum absolute atomic E-state index is 0.100. The third kappa shape index (κ3) is 4.22. The Balaban J connectivity index is 1.83. The first-order chi connectivity index (χ1) is 16.9. The summed E-state index contributed by atoms with van der Waals surface area (Å²) in [4.78, 5) is 38.3. The Labute approximate surface area is 210 Å². The van der Waals surface area contributed by atoms with Gasteiger partial charge in [0.15, 0.2) is 0 Å². The molecule has 0 spiro atoms. The number of halogens is 1. The van der Waals surface area contributed by atoms with E-state index in [1.807, 2.05) is 91.0 Å². The molecule has 0 saturated carbocycles. The molecule has 1 aliphatic heterocycles. The Bertz CT molecular complexity index is 1470. The van der Waals surface area contributed by atoms with E-state index in [9.17, 15) is 14.4 Å². The van der Waals surface area contributed by atoms with Crippen molar-refractivity contribution in [3.05, 3.63) is 107 Å². The maximum absolute atomic E-state index is 12.8. The number of nitrogens with one attached hydrogen (secondary N) is 1. The van der Waals surface area contributed by atoms with Crippen LogP contribution in [0, 0.1) is 0 Å². The van der Waals surface area contributed by atoms with E-state index in [1.54, 1.807) is 6.08 Å². The van der Waals surface area contributed by atoms with Crippen LogP contribution in [0.4, 0.5) is 4.79 Å². The molecule has 3 aromatic carbocycles. The molecule has 172 valence electrons. The van der Waals surface area contributed by atoms with E-state index in [1.165, 1.54) is 7.05 Å². The number of urea groups is 1. The van der Waals surface area contributed by atoms with Crippen molar-refractivity contribution in [1.29, 1.82) is 0 Å². The average molecular weight is 526 g/mol. The van der Waals surface area contributed by atoms with Gasteiger partial charge in [-0.2, -0.15) is 0 Å². The van der Waals surface area contributed by atoms with Crippen molar-refractivity contribution in [2.24, 2.45) is 0 Å². The number of aromatic nitrogens is 1. The Morgan fingerprint density at radius 2 is 1.40 bits per heavy atom. The highest BCUT2D eigenvalue weighted by Crippen LogP contribution is 2.37. The normalized spacial score (nSPS) is 15.0. The number of barbiturate groups is 1. The number of hydrogen-bond acceptors (Lipinski definition) is 3. The molecule has 0 bridgehead atoms. The summed E-state index contributed by atoms with van der Waals surface area (Å²) in [5.41, 5.74) is 5.10. The monoisotopic (exact) mass is 525 g/mol. The van der Waals surface area contributed by atoms with Gasteiger partial charge < -0.3 is 4.57 Å². The molecule has 0 atom stereocenters. The summed E-state index contributed by atoms with van der Waals surface area (Å²) < 4.78 is 3.07. The van der Waals surface area contributed by atoms with Gasteiger partial charge in [-0.1, -0.05) is 76.6 Å². The predicted octanol–water partition coefficient (Wildman–Crippen LogP) is 5.67. The summed E-state index contributed by atoms with van der Waals surface area (Å²) in [7, 11) is 1.35. The van der Waals surface area contributed by atoms with Crippen molar-refractivity contribution < 1.29 is 14.4 Å². The van der Waals surface area contributed by atoms with Gasteiger partial charge in [-0.3, -0.25) is 19.8 Å². The molecule has 1 aromatic heterocycles. The fourth-order valence-electron chi connectivity index (χ4n) is 4.11. The summed E-state index contributed by atoms with van der Waals surface area (Å²) in [6, 6.07) is 28.9. The zero-order chi connectivity index (χ0) is 24.5. The van der Waals surface area contributed by atoms with Crippen LogP contribution in [0.25, 0.3) is 34.3 Å². The van der Waals surface area contributed by atoms with E-state index in [0.717, 1.165) is 37.6 Å². The van der Waals surface area contributed by atoms with Crippen LogP contribution in [0.3, 0.4) is 0 Å². The third-order valence-electron chi connectivity index (χ3n) is 5.84. The molecule has 0 unspecified atom stereocenters. The first-order valence-electron chi connectivity index (χ1n) is 10.9. The number of carbonyl (C=O) groups excluding carboxylic acids is 3. The number of likely N-dealkylation sites (N-methyl/N-ethyl adjacent to an activating group) is 1. The summed E-state index contributed by atoms with van der Waals surface area (Å²) in [5, 5.41) is 2.23. The van der Waals surface area contributed by atoms with Crippen LogP contribution in [-0.4, -0.2) is 34.4 Å². The molecule has 1 aliphatic rings. The Hall–Kier alpha value is -4.23. The Morgan fingerprint density at radius 1 is 0.800 bits per heavy atom. The first-order valence-corrected chi connectivity index (χ1v) is 11.7. The van der Waals surface area contributed by atoms with Gasteiger partial charge in [0, 0.05) is 22.8 Å². The number of amides is 4. The molecule has 1 N–H and O–H groups in total. The van der Waals surface area contributed by atoms with Gasteiger partial charge >= 0.3 is 6.03 Å². The summed E-state index contributed by atoms with van der Waals surface area (Å²) in [6.07, 6.45) is 1.56. The Kier molecular flexibility index (Phi) is 5.93. The van der Waals surface area contributed by atoms with E-state index in [2.05, 4.69) is 25.8 Å². The lowest BCUT2D eigenvalue weighted by atomic mass is 10.0. The van der Waals surface area contributed by atoms with Crippen molar-refractivity contribution in [1.82, 2.24) is 14.8 Å². The molecule has 7 heteroatoms. The van der Waals surface area contributed by atoms with Crippen LogP contribution in [0.5, 0.6) is 0 Å². The zero-order valence-electron chi connectivity index (χ0n) is 18.7. The highest BCUT2D eigenvalue weighted by atomic mass is 79.9. The van der Waals surface area contributed by atoms with Gasteiger partial charge in [0.05, 0.1) is 11.4 Å². The summed E-state index contributed by atoms with van der Waals surface area (Å²) in [6.45, 7) is 0. The quantitative estimate of drug-likeness (QED) is 0.275. The van der Waals surface area contributed by atoms with Gasteiger partial charge in [0.25, 0.3) is 11.8 Å². The number of carbonyl (C=O) groups is 3. The molecule has 0 radical (unpaired) electrons. The second kappa shape index (κ2) is 9.19. The number of imide groups is 2. The van der Waals surface area contributed by atoms with Crippen molar-refractivity contribution in [3.63, 3.8) is 0 Å². The molecule has 0 aliphatic carbocycles. The largest absolute Gasteiger partial charge is 0.331 e. The lowest BCUT2D eigenvalue weighted by molar-refractivity contribution is -0.129. The van der Waals surface area contributed by atoms with E-state index in [4.69, 9.17) is 0 Å². The Morgan fingerprint density at radius 3 is 2.03 bits per heavy atom. The standard InChI is InChI=1S/C28H20BrN3O3/c1-31-27(34)23(26(33)30-28(31)35)16-20-17-24(18-8-4-2-5-9-18)32(22-14-12-21(29)13-15-22)25(20)19-10-6-3-7-11-19/h2-17H,1H3,(H,30,33,35)/b23-16+. The highest BCUT2D eigenvalue weighted by Gasteiger charge is 2.33. The van der Waals surface area contributed by atoms with Gasteiger partial charge in [-0.15, -0.1) is 0 Å². The fraction of sp³-hybridized carbons (Fsp3) is 0.0357. The lowest BCUT2D eigenvalue weighted by Gasteiger charge is -2.22. The van der Waals surface area contributed by atoms with Crippen LogP contribution in [0.1, 0.15) is 5.56 Å². The second-order valence-electron chi connectivity index (χ2n) is 8.06. The van der Waals surface area contributed by atoms with E-state index < -0.39 is 17.8 Å². The SMILES string of the molecule is CN1C(=O)NC(=O)/C(=C\c2cc(-c3ccccc3)n(-c3ccc(Br)cc3)c2-c2ccccc2)C1=O. The smallest absolute Gasteiger partial charge is 0.309 e. The fourth-order valence-corrected chi connectivity index (χ4v) is 4.38. The van der Waals surface area contributed by atoms with Gasteiger partial charge in [-0.25, -0.2) is 4.79 Å². The molecule has 4 aromatic rings. The average Bonchev–Trinajstić information content (AvgIpc) is 3.26. The molecule has 1 fully saturated rings. The molecular formula is C28H20BrN3O3. The van der Waals surface area contributed by atoms with Crippen LogP contribution < -0.4 is 5.32 Å². The van der Waals surface area contributed by atoms with E-state index >= 15 is 0 Å². The number of rotatable bonds is 4. The number of nitrogens with zero attached hydrogens (tertiary/aromatic N) is 2. The molecule has 4 amide bonds. The van der Waals surface area contributed by atoms with Crippen LogP contribution in [-0.2, 0) is 9.59 Å². The topological polar surface area (TPSA) is 71.4 Å². The van der Waals surface area contributed by atoms with Crippen molar-refractivity contribution in [2.75, 3.05) is 7.05 Å². The molecule has 35 heavy (non-hydrogen) atoms. The van der Waals surface area contributed by atoms with Gasteiger partial charge in [0.1, 0.15) is 5.57 Å². The zero-order valence-corrected chi connectivity index (χ0v) is 20.3. The number of hydrogen-bond donors (Lipinski definition) is 1. The lowest BCUT2D eigenvalue weighted by Crippen LogP contribution is -2.52. The summed E-state index contributed by atoms with van der Waals surface area (Å²) in [5.74, 6) is -1.36. The maximum Gasteiger partial charge on any atom is 0.331 e. The molecule has 6 nitrogen and oxygen atoms in total. The van der Waals surface area contributed by atoms with Crippen LogP contribution in [0.2, 0.25) is 0 Å². The van der Waals surface area contributed by atoms with Crippen LogP contribution in [0.15, 0.2) is 101 Å². The molecule has 1 saturated heterocycles. The first kappa shape index (κ1) is 22.6. The van der Waals surface area contributed by atoms with Crippen molar-refractivity contribution >= 4 is 39.9 Å². The van der Waals surface area contributed by atoms with Gasteiger partial charge in [-0.05, 0) is 47.5 Å². The highest BCUT2D eigenvalue weighted by molar-refractivity contribution is 9.10. The minimum atomic E-state index is -0.738. The summed E-state index contributed by atoms with van der Waals surface area (Å²) >= 11 is 3.51. The van der Waals surface area contributed by atoms with Crippen molar-refractivity contribution in [3.8, 4) is 28.2 Å². The second-order valence-corrected chi connectivity index (χ2v) is 8.97. The van der Waals surface area contributed by atoms with Crippen molar-refractivity contribution in [2.45, 2.75) is 0 Å². The maximum atomic E-state index is 12.8. The van der Waals surface area contributed by atoms with E-state index in [0.29, 0.717) is 5.56 Å². The predicted molar refractivity (Wildman–Crippen MR) is 139 cm³/mol. The third-order valence-corrected chi connectivity index (χ3v) is 6.37. The van der Waals surface area contributed by atoms with E-state index in [-0.39, 0.29) is 5.57 Å². The minimum Gasteiger partial charge on any atom is -0.309 e. The van der Waals surface area contributed by atoms with Crippen LogP contribution >= 0.6 is 15.9 Å². The van der Waals surface area contributed by atoms with Gasteiger partial charge in [0.2, 0.25) is 0 Å².